The monoisotopic (exact) mass is 265 g/mol. The van der Waals surface area contributed by atoms with Crippen molar-refractivity contribution in [2.45, 2.75) is 6.92 Å². The van der Waals surface area contributed by atoms with Crippen LogP contribution >= 0.6 is 15.9 Å². The fraction of sp³-hybridized carbons (Fsp3) is 0.182. The molecule has 0 fully saturated rings. The SMILES string of the molecule is CCNc1cc(-c2ccccc2Br)[nH]n1. The first kappa shape index (κ1) is 10.2. The van der Waals surface area contributed by atoms with Crippen LogP contribution in [0.2, 0.25) is 0 Å². The van der Waals surface area contributed by atoms with Crippen LogP contribution < -0.4 is 5.32 Å². The Morgan fingerprint density at radius 2 is 2.20 bits per heavy atom. The molecule has 1 aromatic heterocycles. The van der Waals surface area contributed by atoms with Crippen LogP contribution in [0.15, 0.2) is 34.8 Å². The zero-order valence-electron chi connectivity index (χ0n) is 8.42. The Balaban J connectivity index is 2.33. The summed E-state index contributed by atoms with van der Waals surface area (Å²) in [6.45, 7) is 2.92. The fourth-order valence-corrected chi connectivity index (χ4v) is 1.91. The zero-order valence-corrected chi connectivity index (χ0v) is 10.0. The van der Waals surface area contributed by atoms with E-state index in [1.807, 2.05) is 37.3 Å². The van der Waals surface area contributed by atoms with E-state index in [9.17, 15) is 0 Å². The second-order valence-electron chi connectivity index (χ2n) is 3.18. The van der Waals surface area contributed by atoms with Crippen molar-refractivity contribution in [2.75, 3.05) is 11.9 Å². The van der Waals surface area contributed by atoms with E-state index >= 15 is 0 Å². The van der Waals surface area contributed by atoms with E-state index in [0.717, 1.165) is 28.1 Å². The minimum atomic E-state index is 0.875. The predicted molar refractivity (Wildman–Crippen MR) is 65.9 cm³/mol. The number of H-pyrrole nitrogens is 1. The highest BCUT2D eigenvalue weighted by Crippen LogP contribution is 2.27. The Hall–Kier alpha value is -1.29. The van der Waals surface area contributed by atoms with Crippen LogP contribution in [0, 0.1) is 0 Å². The second kappa shape index (κ2) is 4.49. The van der Waals surface area contributed by atoms with Crippen molar-refractivity contribution >= 4 is 21.7 Å². The molecule has 2 rings (SSSR count). The van der Waals surface area contributed by atoms with Crippen molar-refractivity contribution in [3.05, 3.63) is 34.8 Å². The number of nitrogens with zero attached hydrogens (tertiary/aromatic N) is 1. The van der Waals surface area contributed by atoms with Gasteiger partial charge in [0.2, 0.25) is 0 Å². The summed E-state index contributed by atoms with van der Waals surface area (Å²) in [6, 6.07) is 10.1. The van der Waals surface area contributed by atoms with Gasteiger partial charge in [-0.05, 0) is 13.0 Å². The summed E-state index contributed by atoms with van der Waals surface area (Å²) in [4.78, 5) is 0. The lowest BCUT2D eigenvalue weighted by atomic mass is 10.1. The van der Waals surface area contributed by atoms with Gasteiger partial charge >= 0.3 is 0 Å². The molecule has 15 heavy (non-hydrogen) atoms. The second-order valence-corrected chi connectivity index (χ2v) is 4.03. The van der Waals surface area contributed by atoms with Gasteiger partial charge in [-0.2, -0.15) is 5.10 Å². The summed E-state index contributed by atoms with van der Waals surface area (Å²) >= 11 is 3.51. The number of halogens is 1. The molecule has 0 saturated heterocycles. The van der Waals surface area contributed by atoms with E-state index < -0.39 is 0 Å². The number of anilines is 1. The molecule has 0 saturated carbocycles. The van der Waals surface area contributed by atoms with Gasteiger partial charge in [0.15, 0.2) is 0 Å². The van der Waals surface area contributed by atoms with Crippen molar-refractivity contribution in [1.29, 1.82) is 0 Å². The van der Waals surface area contributed by atoms with Gasteiger partial charge in [0.05, 0.1) is 5.69 Å². The molecule has 78 valence electrons. The van der Waals surface area contributed by atoms with Crippen molar-refractivity contribution in [1.82, 2.24) is 10.2 Å². The molecule has 0 unspecified atom stereocenters. The number of hydrogen-bond donors (Lipinski definition) is 2. The van der Waals surface area contributed by atoms with E-state index in [4.69, 9.17) is 0 Å². The first-order valence-electron chi connectivity index (χ1n) is 4.85. The van der Waals surface area contributed by atoms with Crippen LogP contribution in [0.5, 0.6) is 0 Å². The summed E-state index contributed by atoms with van der Waals surface area (Å²) in [7, 11) is 0. The molecule has 0 aliphatic carbocycles. The van der Waals surface area contributed by atoms with Gasteiger partial charge < -0.3 is 5.32 Å². The Morgan fingerprint density at radius 3 is 2.93 bits per heavy atom. The fourth-order valence-electron chi connectivity index (χ4n) is 1.41. The molecule has 1 heterocycles. The van der Waals surface area contributed by atoms with Crippen LogP contribution in [-0.4, -0.2) is 16.7 Å². The molecule has 0 bridgehead atoms. The molecule has 1 aromatic carbocycles. The highest BCUT2D eigenvalue weighted by atomic mass is 79.9. The molecule has 0 atom stereocenters. The normalized spacial score (nSPS) is 10.3. The van der Waals surface area contributed by atoms with Crippen molar-refractivity contribution in [3.63, 3.8) is 0 Å². The standard InChI is InChI=1S/C11H12BrN3/c1-2-13-11-7-10(14-15-11)8-5-3-4-6-9(8)12/h3-7H,2H2,1H3,(H2,13,14,15). The Labute approximate surface area is 97.0 Å². The lowest BCUT2D eigenvalue weighted by molar-refractivity contribution is 1.07. The number of rotatable bonds is 3. The molecule has 2 N–H and O–H groups in total. The largest absolute Gasteiger partial charge is 0.369 e. The van der Waals surface area contributed by atoms with E-state index in [-0.39, 0.29) is 0 Å². The summed E-state index contributed by atoms with van der Waals surface area (Å²) in [6.07, 6.45) is 0. The molecule has 2 aromatic rings. The molecular formula is C11H12BrN3. The average Bonchev–Trinajstić information content (AvgIpc) is 2.68. The van der Waals surface area contributed by atoms with Gasteiger partial charge in [-0.3, -0.25) is 5.10 Å². The van der Waals surface area contributed by atoms with Crippen LogP contribution in [0.25, 0.3) is 11.3 Å². The highest BCUT2D eigenvalue weighted by molar-refractivity contribution is 9.10. The third-order valence-electron chi connectivity index (χ3n) is 2.10. The number of hydrogen-bond acceptors (Lipinski definition) is 2. The van der Waals surface area contributed by atoms with Gasteiger partial charge in [0.25, 0.3) is 0 Å². The summed E-state index contributed by atoms with van der Waals surface area (Å²) in [5.41, 5.74) is 2.13. The van der Waals surface area contributed by atoms with Crippen LogP contribution in [0.4, 0.5) is 5.82 Å². The maximum absolute atomic E-state index is 4.17. The van der Waals surface area contributed by atoms with Crippen LogP contribution in [0.1, 0.15) is 6.92 Å². The topological polar surface area (TPSA) is 40.7 Å². The maximum atomic E-state index is 4.17. The van der Waals surface area contributed by atoms with Gasteiger partial charge in [-0.15, -0.1) is 0 Å². The minimum absolute atomic E-state index is 0.875. The van der Waals surface area contributed by atoms with Crippen molar-refractivity contribution in [3.8, 4) is 11.3 Å². The lowest BCUT2D eigenvalue weighted by Gasteiger charge is -1.99. The lowest BCUT2D eigenvalue weighted by Crippen LogP contribution is -1.95. The molecule has 0 radical (unpaired) electrons. The summed E-state index contributed by atoms with van der Waals surface area (Å²) in [5.74, 6) is 0.878. The number of aromatic nitrogens is 2. The maximum Gasteiger partial charge on any atom is 0.148 e. The minimum Gasteiger partial charge on any atom is -0.369 e. The zero-order chi connectivity index (χ0) is 10.7. The van der Waals surface area contributed by atoms with E-state index in [1.54, 1.807) is 0 Å². The molecule has 0 aliphatic rings. The number of aromatic amines is 1. The molecule has 0 aliphatic heterocycles. The van der Waals surface area contributed by atoms with E-state index in [0.29, 0.717) is 0 Å². The highest BCUT2D eigenvalue weighted by Gasteiger charge is 2.05. The van der Waals surface area contributed by atoms with E-state index in [1.165, 1.54) is 0 Å². The molecule has 0 amide bonds. The van der Waals surface area contributed by atoms with E-state index in [2.05, 4.69) is 31.4 Å². The first-order valence-corrected chi connectivity index (χ1v) is 5.64. The molecule has 3 nitrogen and oxygen atoms in total. The van der Waals surface area contributed by atoms with Gasteiger partial charge in [0, 0.05) is 22.6 Å². The molecular weight excluding hydrogens is 254 g/mol. The Kier molecular flexibility index (Phi) is 3.06. The molecule has 4 heteroatoms. The van der Waals surface area contributed by atoms with Gasteiger partial charge in [0.1, 0.15) is 5.82 Å². The Morgan fingerprint density at radius 1 is 1.40 bits per heavy atom. The quantitative estimate of drug-likeness (QED) is 0.895. The number of benzene rings is 1. The smallest absolute Gasteiger partial charge is 0.148 e. The van der Waals surface area contributed by atoms with Crippen LogP contribution in [0.3, 0.4) is 0 Å². The Bertz CT molecular complexity index is 451. The third-order valence-corrected chi connectivity index (χ3v) is 2.79. The van der Waals surface area contributed by atoms with Gasteiger partial charge in [-0.1, -0.05) is 34.1 Å². The predicted octanol–water partition coefficient (Wildman–Crippen LogP) is 3.27. The van der Waals surface area contributed by atoms with Crippen LogP contribution in [-0.2, 0) is 0 Å². The third kappa shape index (κ3) is 2.21. The summed E-state index contributed by atoms with van der Waals surface area (Å²) in [5, 5.41) is 10.3. The van der Waals surface area contributed by atoms with Gasteiger partial charge in [-0.25, -0.2) is 0 Å². The molecule has 0 spiro atoms. The summed E-state index contributed by atoms with van der Waals surface area (Å²) < 4.78 is 1.07. The number of nitrogens with one attached hydrogen (secondary N) is 2. The van der Waals surface area contributed by atoms with Crippen molar-refractivity contribution in [2.24, 2.45) is 0 Å². The van der Waals surface area contributed by atoms with Crippen molar-refractivity contribution < 1.29 is 0 Å². The first-order chi connectivity index (χ1) is 7.31. The average molecular weight is 266 g/mol.